The van der Waals surface area contributed by atoms with Gasteiger partial charge in [-0.05, 0) is 53.7 Å². The molecule has 0 spiro atoms. The third-order valence-corrected chi connectivity index (χ3v) is 3.27. The topological polar surface area (TPSA) is 67.0 Å². The van der Waals surface area contributed by atoms with Crippen LogP contribution < -0.4 is 5.32 Å². The number of benzene rings is 1. The number of nitrogens with zero attached hydrogens (tertiary/aromatic N) is 1. The number of hydrogen-bond donors (Lipinski definition) is 2. The summed E-state index contributed by atoms with van der Waals surface area (Å²) in [4.78, 5) is 19.5. The lowest BCUT2D eigenvalue weighted by Crippen LogP contribution is -2.34. The Balaban J connectivity index is 2.11. The van der Waals surface area contributed by atoms with Gasteiger partial charge in [-0.3, -0.25) is 0 Å². The van der Waals surface area contributed by atoms with Gasteiger partial charge in [-0.1, -0.05) is 17.2 Å². The third kappa shape index (κ3) is 4.84. The normalized spacial score (nSPS) is 12.8. The zero-order chi connectivity index (χ0) is 17.2. The van der Waals surface area contributed by atoms with Crippen LogP contribution in [0.1, 0.15) is 50.7 Å². The Hall–Kier alpha value is -2.30. The van der Waals surface area contributed by atoms with Gasteiger partial charge in [0, 0.05) is 5.56 Å². The summed E-state index contributed by atoms with van der Waals surface area (Å²) in [6.45, 7) is 11.5. The highest BCUT2D eigenvalue weighted by Gasteiger charge is 2.19. The van der Waals surface area contributed by atoms with E-state index in [4.69, 9.17) is 4.74 Å². The third-order valence-electron chi connectivity index (χ3n) is 3.27. The largest absolute Gasteiger partial charge is 0.444 e. The molecular formula is C18H25N3O2. The van der Waals surface area contributed by atoms with Crippen LogP contribution in [0.3, 0.4) is 0 Å². The lowest BCUT2D eigenvalue weighted by Gasteiger charge is -2.21. The summed E-state index contributed by atoms with van der Waals surface area (Å²) in [6, 6.07) is 6.09. The fourth-order valence-electron chi connectivity index (χ4n) is 2.39. The highest BCUT2D eigenvalue weighted by atomic mass is 16.6. The van der Waals surface area contributed by atoms with Crippen LogP contribution >= 0.6 is 0 Å². The molecule has 1 atom stereocenters. The summed E-state index contributed by atoms with van der Waals surface area (Å²) in [6.07, 6.45) is 1.34. The van der Waals surface area contributed by atoms with E-state index in [1.54, 1.807) is 6.20 Å². The van der Waals surface area contributed by atoms with Gasteiger partial charge in [-0.15, -0.1) is 0 Å². The molecule has 1 amide bonds. The van der Waals surface area contributed by atoms with Gasteiger partial charge in [0.2, 0.25) is 0 Å². The molecule has 0 aliphatic rings. The number of aromatic amines is 1. The van der Waals surface area contributed by atoms with Crippen LogP contribution in [0.2, 0.25) is 0 Å². The molecule has 2 rings (SSSR count). The lowest BCUT2D eigenvalue weighted by atomic mass is 10.1. The fraction of sp³-hybridized carbons (Fsp3) is 0.444. The molecule has 1 aromatic heterocycles. The standard InChI is InChI=1S/C18H25N3O2/c1-11-7-12(2)9-14(8-11)15-10-19-16(21-15)13(3)20-17(22)23-18(4,5)6/h7-10,13H,1-6H3,(H,19,21)(H,20,22)/t13-/m1/s1. The number of nitrogens with one attached hydrogen (secondary N) is 2. The van der Waals surface area contributed by atoms with Gasteiger partial charge in [-0.2, -0.15) is 0 Å². The molecule has 0 saturated carbocycles. The number of amides is 1. The van der Waals surface area contributed by atoms with Gasteiger partial charge < -0.3 is 15.0 Å². The monoisotopic (exact) mass is 315 g/mol. The van der Waals surface area contributed by atoms with Crippen molar-refractivity contribution >= 4 is 6.09 Å². The second kappa shape index (κ2) is 6.44. The Bertz CT molecular complexity index is 678. The van der Waals surface area contributed by atoms with Crippen LogP contribution in [0.5, 0.6) is 0 Å². The van der Waals surface area contributed by atoms with Gasteiger partial charge in [0.15, 0.2) is 0 Å². The number of H-pyrrole nitrogens is 1. The van der Waals surface area contributed by atoms with Crippen molar-refractivity contribution in [3.8, 4) is 11.3 Å². The molecule has 5 nitrogen and oxygen atoms in total. The van der Waals surface area contributed by atoms with Gasteiger partial charge in [0.1, 0.15) is 11.4 Å². The predicted octanol–water partition coefficient (Wildman–Crippen LogP) is 4.28. The summed E-state index contributed by atoms with van der Waals surface area (Å²) in [7, 11) is 0. The molecule has 2 aromatic rings. The summed E-state index contributed by atoms with van der Waals surface area (Å²) in [5.74, 6) is 0.699. The highest BCUT2D eigenvalue weighted by Crippen LogP contribution is 2.22. The first-order chi connectivity index (χ1) is 10.6. The number of imidazole rings is 1. The van der Waals surface area contributed by atoms with E-state index in [2.05, 4.69) is 47.3 Å². The molecule has 0 aliphatic heterocycles. The van der Waals surface area contributed by atoms with E-state index in [0.717, 1.165) is 11.3 Å². The summed E-state index contributed by atoms with van der Waals surface area (Å²) >= 11 is 0. The zero-order valence-corrected chi connectivity index (χ0v) is 14.7. The Morgan fingerprint density at radius 3 is 2.39 bits per heavy atom. The average Bonchev–Trinajstić information content (AvgIpc) is 2.84. The van der Waals surface area contributed by atoms with Crippen molar-refractivity contribution in [3.63, 3.8) is 0 Å². The SMILES string of the molecule is Cc1cc(C)cc(-c2cnc([C@@H](C)NC(=O)OC(C)(C)C)[nH]2)c1. The first kappa shape index (κ1) is 17.1. The van der Waals surface area contributed by atoms with E-state index in [-0.39, 0.29) is 6.04 Å². The van der Waals surface area contributed by atoms with Gasteiger partial charge >= 0.3 is 6.09 Å². The van der Waals surface area contributed by atoms with Crippen LogP contribution in [0.4, 0.5) is 4.79 Å². The molecule has 0 unspecified atom stereocenters. The maximum Gasteiger partial charge on any atom is 0.408 e. The van der Waals surface area contributed by atoms with Gasteiger partial charge in [0.05, 0.1) is 17.9 Å². The van der Waals surface area contributed by atoms with Gasteiger partial charge in [0.25, 0.3) is 0 Å². The van der Waals surface area contributed by atoms with E-state index >= 15 is 0 Å². The molecule has 0 fully saturated rings. The van der Waals surface area contributed by atoms with Gasteiger partial charge in [-0.25, -0.2) is 9.78 Å². The maximum absolute atomic E-state index is 11.8. The molecule has 0 radical (unpaired) electrons. The second-order valence-electron chi connectivity index (χ2n) is 6.93. The smallest absolute Gasteiger partial charge is 0.408 e. The number of carbonyl (C=O) groups is 1. The zero-order valence-electron chi connectivity index (χ0n) is 14.7. The summed E-state index contributed by atoms with van der Waals surface area (Å²) in [5, 5.41) is 2.79. The maximum atomic E-state index is 11.8. The second-order valence-corrected chi connectivity index (χ2v) is 6.93. The van der Waals surface area contributed by atoms with Crippen LogP contribution in [-0.4, -0.2) is 21.7 Å². The molecule has 5 heteroatoms. The van der Waals surface area contributed by atoms with Crippen molar-refractivity contribution in [2.45, 2.75) is 53.2 Å². The van der Waals surface area contributed by atoms with Crippen molar-refractivity contribution in [2.24, 2.45) is 0 Å². The van der Waals surface area contributed by atoms with Crippen molar-refractivity contribution in [1.82, 2.24) is 15.3 Å². The van der Waals surface area contributed by atoms with Crippen molar-refractivity contribution in [2.75, 3.05) is 0 Å². The first-order valence-electron chi connectivity index (χ1n) is 7.77. The molecule has 23 heavy (non-hydrogen) atoms. The number of hydrogen-bond acceptors (Lipinski definition) is 3. The Morgan fingerprint density at radius 2 is 1.83 bits per heavy atom. The summed E-state index contributed by atoms with van der Waals surface area (Å²) < 4.78 is 5.26. The Morgan fingerprint density at radius 1 is 1.22 bits per heavy atom. The van der Waals surface area contributed by atoms with E-state index in [0.29, 0.717) is 5.82 Å². The quantitative estimate of drug-likeness (QED) is 0.888. The minimum atomic E-state index is -0.517. The van der Waals surface area contributed by atoms with Crippen LogP contribution in [-0.2, 0) is 4.74 Å². The first-order valence-corrected chi connectivity index (χ1v) is 7.77. The van der Waals surface area contributed by atoms with Crippen LogP contribution in [0.25, 0.3) is 11.3 Å². The van der Waals surface area contributed by atoms with Crippen molar-refractivity contribution in [3.05, 3.63) is 41.3 Å². The van der Waals surface area contributed by atoms with Crippen LogP contribution in [0, 0.1) is 13.8 Å². The minimum absolute atomic E-state index is 0.260. The molecule has 124 valence electrons. The fourth-order valence-corrected chi connectivity index (χ4v) is 2.39. The summed E-state index contributed by atoms with van der Waals surface area (Å²) in [5.41, 5.74) is 3.92. The number of rotatable bonds is 3. The molecular weight excluding hydrogens is 290 g/mol. The van der Waals surface area contributed by atoms with Crippen molar-refractivity contribution < 1.29 is 9.53 Å². The molecule has 2 N–H and O–H groups in total. The van der Waals surface area contributed by atoms with E-state index < -0.39 is 11.7 Å². The van der Waals surface area contributed by atoms with Crippen LogP contribution in [0.15, 0.2) is 24.4 Å². The van der Waals surface area contributed by atoms with E-state index in [1.807, 2.05) is 27.7 Å². The predicted molar refractivity (Wildman–Crippen MR) is 91.3 cm³/mol. The molecule has 0 saturated heterocycles. The minimum Gasteiger partial charge on any atom is -0.444 e. The number of alkyl carbamates (subject to hydrolysis) is 1. The molecule has 0 aliphatic carbocycles. The average molecular weight is 315 g/mol. The molecule has 1 heterocycles. The molecule has 0 bridgehead atoms. The Labute approximate surface area is 137 Å². The molecule has 1 aromatic carbocycles. The lowest BCUT2D eigenvalue weighted by molar-refractivity contribution is 0.0506. The highest BCUT2D eigenvalue weighted by molar-refractivity contribution is 5.68. The number of carbonyl (C=O) groups excluding carboxylic acids is 1. The number of aryl methyl sites for hydroxylation is 2. The Kier molecular flexibility index (Phi) is 4.78. The van der Waals surface area contributed by atoms with E-state index in [9.17, 15) is 4.79 Å². The number of ether oxygens (including phenoxy) is 1. The van der Waals surface area contributed by atoms with Crippen molar-refractivity contribution in [1.29, 1.82) is 0 Å². The van der Waals surface area contributed by atoms with E-state index in [1.165, 1.54) is 11.1 Å². The number of aromatic nitrogens is 2.